The Balaban J connectivity index is 2.40. The molecule has 1 atom stereocenters. The predicted octanol–water partition coefficient (Wildman–Crippen LogP) is 0.134. The third-order valence-corrected chi connectivity index (χ3v) is 2.70. The molecule has 5 heteroatoms. The topological polar surface area (TPSA) is 58.2 Å². The van der Waals surface area contributed by atoms with Crippen LogP contribution in [0, 0.1) is 0 Å². The molecule has 1 aliphatic rings. The highest BCUT2D eigenvalue weighted by Gasteiger charge is 2.21. The minimum Gasteiger partial charge on any atom is -0.354 e. The first-order chi connectivity index (χ1) is 6.74. The molecule has 0 unspecified atom stereocenters. The number of hydrogen-bond donors (Lipinski definition) is 2. The van der Waals surface area contributed by atoms with Crippen LogP contribution in [0.2, 0.25) is 0 Å². The molecule has 1 heterocycles. The first kappa shape index (κ1) is 11.4. The van der Waals surface area contributed by atoms with Gasteiger partial charge in [-0.25, -0.2) is 0 Å². The lowest BCUT2D eigenvalue weighted by atomic mass is 10.1. The van der Waals surface area contributed by atoms with Crippen molar-refractivity contribution in [3.63, 3.8) is 0 Å². The zero-order valence-electron chi connectivity index (χ0n) is 8.34. The van der Waals surface area contributed by atoms with Crippen molar-refractivity contribution in [2.45, 2.75) is 25.3 Å². The summed E-state index contributed by atoms with van der Waals surface area (Å²) in [5, 5.41) is 5.52. The van der Waals surface area contributed by atoms with Crippen LogP contribution in [0.25, 0.3) is 0 Å². The van der Waals surface area contributed by atoms with E-state index in [1.165, 1.54) is 11.8 Å². The number of thioether (sulfide) groups is 1. The summed E-state index contributed by atoms with van der Waals surface area (Å²) in [7, 11) is 0. The van der Waals surface area contributed by atoms with Gasteiger partial charge in [-0.3, -0.25) is 9.59 Å². The van der Waals surface area contributed by atoms with Gasteiger partial charge in [-0.15, -0.1) is 0 Å². The second-order valence-electron chi connectivity index (χ2n) is 3.34. The van der Waals surface area contributed by atoms with Crippen molar-refractivity contribution in [3.8, 4) is 0 Å². The summed E-state index contributed by atoms with van der Waals surface area (Å²) < 4.78 is 0. The number of hydrogen-bond acceptors (Lipinski definition) is 3. The fourth-order valence-corrected chi connectivity index (χ4v) is 1.79. The molecule has 2 N–H and O–H groups in total. The molecule has 0 aliphatic carbocycles. The Labute approximate surface area is 88.2 Å². The Morgan fingerprint density at radius 3 is 3.14 bits per heavy atom. The van der Waals surface area contributed by atoms with Crippen LogP contribution < -0.4 is 10.6 Å². The lowest BCUT2D eigenvalue weighted by Crippen LogP contribution is -2.46. The van der Waals surface area contributed by atoms with Gasteiger partial charge < -0.3 is 10.6 Å². The van der Waals surface area contributed by atoms with Crippen molar-refractivity contribution in [1.29, 1.82) is 0 Å². The molecule has 0 bridgehead atoms. The molecule has 1 fully saturated rings. The minimum atomic E-state index is -0.322. The second kappa shape index (κ2) is 5.90. The molecule has 1 rings (SSSR count). The molecular formula is C9H16N2O2S. The third-order valence-electron chi connectivity index (χ3n) is 2.15. The number of carbonyl (C=O) groups is 2. The fraction of sp³-hybridized carbons (Fsp3) is 0.778. The molecule has 0 spiro atoms. The van der Waals surface area contributed by atoms with Gasteiger partial charge in [0.05, 0.1) is 5.75 Å². The van der Waals surface area contributed by atoms with Crippen LogP contribution in [-0.4, -0.2) is 36.4 Å². The van der Waals surface area contributed by atoms with Gasteiger partial charge in [0.2, 0.25) is 11.8 Å². The van der Waals surface area contributed by atoms with E-state index in [9.17, 15) is 9.59 Å². The number of rotatable bonds is 3. The number of carbonyl (C=O) groups excluding carboxylic acids is 2. The predicted molar refractivity (Wildman–Crippen MR) is 57.2 cm³/mol. The highest BCUT2D eigenvalue weighted by Crippen LogP contribution is 2.05. The van der Waals surface area contributed by atoms with Crippen molar-refractivity contribution >= 4 is 23.6 Å². The highest BCUT2D eigenvalue weighted by atomic mass is 32.2. The summed E-state index contributed by atoms with van der Waals surface area (Å²) in [6.45, 7) is 0.730. The van der Waals surface area contributed by atoms with E-state index in [-0.39, 0.29) is 17.9 Å². The molecule has 0 aromatic heterocycles. The maximum absolute atomic E-state index is 11.4. The van der Waals surface area contributed by atoms with Crippen LogP contribution in [0.4, 0.5) is 0 Å². The summed E-state index contributed by atoms with van der Waals surface area (Å²) in [6.07, 6.45) is 4.61. The summed E-state index contributed by atoms with van der Waals surface area (Å²) in [6, 6.07) is -0.322. The van der Waals surface area contributed by atoms with Gasteiger partial charge in [0.1, 0.15) is 6.04 Å². The standard InChI is InChI=1S/C9H16N2O2S/c1-14-6-8(12)11-7-4-2-3-5-10-9(7)13/h7H,2-6H2,1H3,(H,10,13)(H,11,12)/t7-/m0/s1. The number of amides is 2. The van der Waals surface area contributed by atoms with Crippen LogP contribution >= 0.6 is 11.8 Å². The maximum Gasteiger partial charge on any atom is 0.242 e. The quantitative estimate of drug-likeness (QED) is 0.705. The molecule has 0 saturated carbocycles. The fourth-order valence-electron chi connectivity index (χ4n) is 1.44. The average molecular weight is 216 g/mol. The van der Waals surface area contributed by atoms with Crippen LogP contribution in [0.15, 0.2) is 0 Å². The van der Waals surface area contributed by atoms with E-state index in [1.54, 1.807) is 0 Å². The van der Waals surface area contributed by atoms with Gasteiger partial charge in [0, 0.05) is 6.54 Å². The molecule has 0 aromatic rings. The molecule has 4 nitrogen and oxygen atoms in total. The summed E-state index contributed by atoms with van der Waals surface area (Å²) in [5.74, 6) is 0.320. The van der Waals surface area contributed by atoms with Crippen molar-refractivity contribution in [3.05, 3.63) is 0 Å². The Bertz CT molecular complexity index is 221. The maximum atomic E-state index is 11.4. The Morgan fingerprint density at radius 2 is 2.43 bits per heavy atom. The van der Waals surface area contributed by atoms with Gasteiger partial charge >= 0.3 is 0 Å². The van der Waals surface area contributed by atoms with Gasteiger partial charge in [0.15, 0.2) is 0 Å². The normalized spacial score (nSPS) is 22.4. The van der Waals surface area contributed by atoms with Crippen molar-refractivity contribution in [2.24, 2.45) is 0 Å². The van der Waals surface area contributed by atoms with E-state index in [4.69, 9.17) is 0 Å². The SMILES string of the molecule is CSCC(=O)N[C@H]1CCCCNC1=O. The first-order valence-corrected chi connectivity index (χ1v) is 6.19. The van der Waals surface area contributed by atoms with E-state index < -0.39 is 0 Å². The van der Waals surface area contributed by atoms with Crippen LogP contribution in [0.1, 0.15) is 19.3 Å². The largest absolute Gasteiger partial charge is 0.354 e. The van der Waals surface area contributed by atoms with E-state index in [0.717, 1.165) is 25.8 Å². The Hall–Kier alpha value is -0.710. The zero-order valence-corrected chi connectivity index (χ0v) is 9.15. The third kappa shape index (κ3) is 3.57. The number of nitrogens with one attached hydrogen (secondary N) is 2. The smallest absolute Gasteiger partial charge is 0.242 e. The molecule has 2 amide bonds. The monoisotopic (exact) mass is 216 g/mol. The summed E-state index contributed by atoms with van der Waals surface area (Å²) in [5.41, 5.74) is 0. The molecule has 80 valence electrons. The van der Waals surface area contributed by atoms with Gasteiger partial charge in [-0.2, -0.15) is 11.8 Å². The van der Waals surface area contributed by atoms with Crippen LogP contribution in [0.3, 0.4) is 0 Å². The molecule has 14 heavy (non-hydrogen) atoms. The average Bonchev–Trinajstić information content (AvgIpc) is 2.33. The van der Waals surface area contributed by atoms with Crippen molar-refractivity contribution in [1.82, 2.24) is 10.6 Å². The van der Waals surface area contributed by atoms with E-state index in [2.05, 4.69) is 10.6 Å². The molecule has 0 radical (unpaired) electrons. The molecule has 0 aromatic carbocycles. The van der Waals surface area contributed by atoms with Gasteiger partial charge in [0.25, 0.3) is 0 Å². The second-order valence-corrected chi connectivity index (χ2v) is 4.21. The summed E-state index contributed by atoms with van der Waals surface area (Å²) >= 11 is 1.46. The van der Waals surface area contributed by atoms with Crippen molar-refractivity contribution < 1.29 is 9.59 Å². The zero-order chi connectivity index (χ0) is 10.4. The lowest BCUT2D eigenvalue weighted by Gasteiger charge is -2.14. The Morgan fingerprint density at radius 1 is 1.64 bits per heavy atom. The lowest BCUT2D eigenvalue weighted by molar-refractivity contribution is -0.127. The van der Waals surface area contributed by atoms with Gasteiger partial charge in [-0.1, -0.05) is 0 Å². The van der Waals surface area contributed by atoms with E-state index in [1.807, 2.05) is 6.26 Å². The van der Waals surface area contributed by atoms with Crippen LogP contribution in [0.5, 0.6) is 0 Å². The molecule has 1 aliphatic heterocycles. The minimum absolute atomic E-state index is 0.0445. The summed E-state index contributed by atoms with van der Waals surface area (Å²) in [4.78, 5) is 22.7. The molecular weight excluding hydrogens is 200 g/mol. The Kier molecular flexibility index (Phi) is 4.79. The van der Waals surface area contributed by atoms with Gasteiger partial charge in [-0.05, 0) is 25.5 Å². The van der Waals surface area contributed by atoms with E-state index in [0.29, 0.717) is 5.75 Å². The van der Waals surface area contributed by atoms with Crippen molar-refractivity contribution in [2.75, 3.05) is 18.6 Å². The van der Waals surface area contributed by atoms with E-state index >= 15 is 0 Å². The molecule has 1 saturated heterocycles. The first-order valence-electron chi connectivity index (χ1n) is 4.80. The highest BCUT2D eigenvalue weighted by molar-refractivity contribution is 7.99. The van der Waals surface area contributed by atoms with Crippen LogP contribution in [-0.2, 0) is 9.59 Å².